The highest BCUT2D eigenvalue weighted by Crippen LogP contribution is 2.06. The van der Waals surface area contributed by atoms with Crippen molar-refractivity contribution in [3.8, 4) is 0 Å². The van der Waals surface area contributed by atoms with E-state index in [1.165, 1.54) is 0 Å². The van der Waals surface area contributed by atoms with E-state index in [4.69, 9.17) is 10.5 Å². The van der Waals surface area contributed by atoms with Gasteiger partial charge >= 0.3 is 0 Å². The van der Waals surface area contributed by atoms with Crippen molar-refractivity contribution in [1.82, 2.24) is 4.90 Å². The van der Waals surface area contributed by atoms with Crippen LogP contribution in [0.25, 0.3) is 0 Å². The summed E-state index contributed by atoms with van der Waals surface area (Å²) in [6, 6.07) is 9.00. The molecule has 1 aliphatic heterocycles. The highest BCUT2D eigenvalue weighted by molar-refractivity contribution is 5.94. The van der Waals surface area contributed by atoms with Crippen molar-refractivity contribution >= 4 is 17.6 Å². The zero-order chi connectivity index (χ0) is 14.4. The molecule has 1 amide bonds. The topological polar surface area (TPSA) is 79.9 Å². The number of morpholine rings is 1. The third-order valence-corrected chi connectivity index (χ3v) is 3.06. The minimum atomic E-state index is -0.496. The van der Waals surface area contributed by atoms with Gasteiger partial charge in [0.1, 0.15) is 6.04 Å². The fourth-order valence-corrected chi connectivity index (χ4v) is 2.01. The van der Waals surface area contributed by atoms with Gasteiger partial charge in [0.25, 0.3) is 0 Å². The van der Waals surface area contributed by atoms with E-state index in [0.29, 0.717) is 26.3 Å². The van der Waals surface area contributed by atoms with Crippen LogP contribution >= 0.6 is 0 Å². The summed E-state index contributed by atoms with van der Waals surface area (Å²) in [7, 11) is 0. The second kappa shape index (κ2) is 6.91. The summed E-state index contributed by atoms with van der Waals surface area (Å²) >= 11 is 0. The van der Waals surface area contributed by atoms with Gasteiger partial charge in [-0.1, -0.05) is 18.2 Å². The molecule has 0 aromatic heterocycles. The molecule has 2 rings (SSSR count). The maximum Gasteiger partial charge on any atom is 0.247 e. The Hall–Kier alpha value is -2.08. The summed E-state index contributed by atoms with van der Waals surface area (Å²) in [6.45, 7) is 4.15. The maximum atomic E-state index is 12.2. The number of aliphatic imine (C=N–C) groups is 1. The van der Waals surface area contributed by atoms with E-state index in [1.807, 2.05) is 30.3 Å². The molecule has 6 nitrogen and oxygen atoms in total. The largest absolute Gasteiger partial charge is 0.378 e. The molecule has 108 valence electrons. The van der Waals surface area contributed by atoms with Crippen LogP contribution in [0.1, 0.15) is 6.92 Å². The average Bonchev–Trinajstić information content (AvgIpc) is 2.48. The number of carbonyl (C=O) groups excluding carboxylic acids is 1. The van der Waals surface area contributed by atoms with Crippen molar-refractivity contribution in [1.29, 1.82) is 0 Å². The number of hydrogen-bond donors (Lipinski definition) is 2. The predicted octanol–water partition coefficient (Wildman–Crippen LogP) is 0.661. The summed E-state index contributed by atoms with van der Waals surface area (Å²) in [5.74, 6) is 0.219. The molecular weight excluding hydrogens is 256 g/mol. The number of hydrogen-bond acceptors (Lipinski definition) is 3. The van der Waals surface area contributed by atoms with E-state index in [0.717, 1.165) is 5.69 Å². The molecule has 0 saturated carbocycles. The zero-order valence-electron chi connectivity index (χ0n) is 11.6. The zero-order valence-corrected chi connectivity index (χ0v) is 11.6. The number of rotatable bonds is 3. The van der Waals surface area contributed by atoms with Crippen LogP contribution in [-0.2, 0) is 9.53 Å². The van der Waals surface area contributed by atoms with Crippen LogP contribution < -0.4 is 11.1 Å². The molecule has 0 aliphatic carbocycles. The number of nitrogens with one attached hydrogen (secondary N) is 1. The molecule has 1 aromatic carbocycles. The molecule has 1 fully saturated rings. The van der Waals surface area contributed by atoms with E-state index in [9.17, 15) is 4.79 Å². The maximum absolute atomic E-state index is 12.2. The second-order valence-electron chi connectivity index (χ2n) is 4.62. The molecule has 0 bridgehead atoms. The van der Waals surface area contributed by atoms with Crippen LogP contribution in [-0.4, -0.2) is 49.1 Å². The molecule has 20 heavy (non-hydrogen) atoms. The summed E-state index contributed by atoms with van der Waals surface area (Å²) in [5, 5.41) is 2.96. The minimum absolute atomic E-state index is 0.0221. The molecule has 1 aliphatic rings. The number of nitrogens with two attached hydrogens (primary N) is 1. The van der Waals surface area contributed by atoms with Crippen LogP contribution in [0, 0.1) is 0 Å². The lowest BCUT2D eigenvalue weighted by atomic mass is 10.3. The van der Waals surface area contributed by atoms with E-state index in [1.54, 1.807) is 11.8 Å². The lowest BCUT2D eigenvalue weighted by Gasteiger charge is -2.28. The Bertz CT molecular complexity index is 469. The number of nitrogens with zero attached hydrogens (tertiary/aromatic N) is 2. The van der Waals surface area contributed by atoms with E-state index in [-0.39, 0.29) is 11.9 Å². The quantitative estimate of drug-likeness (QED) is 0.628. The van der Waals surface area contributed by atoms with Crippen molar-refractivity contribution < 1.29 is 9.53 Å². The van der Waals surface area contributed by atoms with Gasteiger partial charge in [-0.15, -0.1) is 0 Å². The number of guanidine groups is 1. The van der Waals surface area contributed by atoms with Crippen LogP contribution in [0.3, 0.4) is 0 Å². The third-order valence-electron chi connectivity index (χ3n) is 3.06. The van der Waals surface area contributed by atoms with Gasteiger partial charge in [0.05, 0.1) is 13.2 Å². The molecule has 1 saturated heterocycles. The monoisotopic (exact) mass is 276 g/mol. The molecule has 1 atom stereocenters. The molecular formula is C14H20N4O2. The molecule has 1 heterocycles. The van der Waals surface area contributed by atoms with Crippen LogP contribution in [0.15, 0.2) is 35.3 Å². The van der Waals surface area contributed by atoms with E-state index in [2.05, 4.69) is 10.3 Å². The van der Waals surface area contributed by atoms with Crippen molar-refractivity contribution in [3.63, 3.8) is 0 Å². The number of amides is 1. The summed E-state index contributed by atoms with van der Waals surface area (Å²) in [4.78, 5) is 18.1. The number of para-hydroxylation sites is 1. The number of carbonyl (C=O) groups is 1. The Balaban J connectivity index is 1.92. The Morgan fingerprint density at radius 1 is 1.35 bits per heavy atom. The van der Waals surface area contributed by atoms with Crippen molar-refractivity contribution in [2.24, 2.45) is 10.7 Å². The van der Waals surface area contributed by atoms with Crippen LogP contribution in [0.2, 0.25) is 0 Å². The minimum Gasteiger partial charge on any atom is -0.378 e. The Morgan fingerprint density at radius 3 is 2.65 bits per heavy atom. The highest BCUT2D eigenvalue weighted by atomic mass is 16.5. The molecule has 0 spiro atoms. The summed E-state index contributed by atoms with van der Waals surface area (Å²) < 4.78 is 5.22. The van der Waals surface area contributed by atoms with Gasteiger partial charge < -0.3 is 20.7 Å². The van der Waals surface area contributed by atoms with Gasteiger partial charge in [0, 0.05) is 18.8 Å². The molecule has 3 N–H and O–H groups in total. The average molecular weight is 276 g/mol. The summed E-state index contributed by atoms with van der Waals surface area (Å²) in [5.41, 5.74) is 6.66. The fraction of sp³-hybridized carbons (Fsp3) is 0.429. The highest BCUT2D eigenvalue weighted by Gasteiger charge is 2.22. The lowest BCUT2D eigenvalue weighted by molar-refractivity contribution is -0.136. The van der Waals surface area contributed by atoms with Gasteiger partial charge in [-0.05, 0) is 19.1 Å². The van der Waals surface area contributed by atoms with Gasteiger partial charge in [0.15, 0.2) is 5.96 Å². The first-order valence-corrected chi connectivity index (χ1v) is 6.68. The Labute approximate surface area is 118 Å². The van der Waals surface area contributed by atoms with Crippen LogP contribution in [0.4, 0.5) is 5.69 Å². The molecule has 1 aromatic rings. The molecule has 6 heteroatoms. The lowest BCUT2D eigenvalue weighted by Crippen LogP contribution is -2.45. The summed E-state index contributed by atoms with van der Waals surface area (Å²) in [6.07, 6.45) is 0. The van der Waals surface area contributed by atoms with Crippen molar-refractivity contribution in [2.45, 2.75) is 13.0 Å². The van der Waals surface area contributed by atoms with Gasteiger partial charge in [-0.3, -0.25) is 4.79 Å². The first-order chi connectivity index (χ1) is 9.66. The Morgan fingerprint density at radius 2 is 2.00 bits per heavy atom. The fourth-order valence-electron chi connectivity index (χ4n) is 2.01. The van der Waals surface area contributed by atoms with Crippen molar-refractivity contribution in [3.05, 3.63) is 30.3 Å². The predicted molar refractivity (Wildman–Crippen MR) is 78.5 cm³/mol. The van der Waals surface area contributed by atoms with E-state index >= 15 is 0 Å². The first kappa shape index (κ1) is 14.3. The number of benzene rings is 1. The smallest absolute Gasteiger partial charge is 0.247 e. The standard InChI is InChI=1S/C14H20N4O2/c1-11(13(19)18-7-9-20-10-8-18)16-14(15)17-12-5-3-2-4-6-12/h2-6,11H,7-10H2,1H3,(H3,15,16,17). The van der Waals surface area contributed by atoms with E-state index < -0.39 is 6.04 Å². The Kier molecular flexibility index (Phi) is 4.95. The van der Waals surface area contributed by atoms with Gasteiger partial charge in [-0.25, -0.2) is 4.99 Å². The normalized spacial score (nSPS) is 17.6. The van der Waals surface area contributed by atoms with Crippen LogP contribution in [0.5, 0.6) is 0 Å². The SMILES string of the molecule is CC(N=C(N)Nc1ccccc1)C(=O)N1CCOCC1. The molecule has 0 radical (unpaired) electrons. The number of ether oxygens (including phenoxy) is 1. The second-order valence-corrected chi connectivity index (χ2v) is 4.62. The van der Waals surface area contributed by atoms with Crippen molar-refractivity contribution in [2.75, 3.05) is 31.6 Å². The third kappa shape index (κ3) is 3.96. The first-order valence-electron chi connectivity index (χ1n) is 6.68. The molecule has 1 unspecified atom stereocenters. The van der Waals surface area contributed by atoms with Gasteiger partial charge in [0.2, 0.25) is 5.91 Å². The van der Waals surface area contributed by atoms with Gasteiger partial charge in [-0.2, -0.15) is 0 Å². The number of anilines is 1.